The lowest BCUT2D eigenvalue weighted by Gasteiger charge is -2.15. The van der Waals surface area contributed by atoms with E-state index in [9.17, 15) is 0 Å². The number of ether oxygens (including phenoxy) is 1. The van der Waals surface area contributed by atoms with E-state index in [2.05, 4.69) is 24.3 Å². The molecule has 5 heteroatoms. The molecule has 4 nitrogen and oxygen atoms in total. The number of hydrogen-bond donors (Lipinski definition) is 1. The van der Waals surface area contributed by atoms with Crippen molar-refractivity contribution in [3.8, 4) is 5.75 Å². The molecule has 2 rings (SSSR count). The largest absolute Gasteiger partial charge is 0.497 e. The second-order valence-electron chi connectivity index (χ2n) is 4.34. The molecular weight excluding hydrogens is 262 g/mol. The van der Waals surface area contributed by atoms with Crippen molar-refractivity contribution in [2.24, 2.45) is 0 Å². The maximum absolute atomic E-state index is 6.18. The minimum atomic E-state index is 0.130. The number of benzene rings is 1. The van der Waals surface area contributed by atoms with Gasteiger partial charge in [0, 0.05) is 24.4 Å². The molecule has 0 bridgehead atoms. The summed E-state index contributed by atoms with van der Waals surface area (Å²) in [6.45, 7) is 5.01. The summed E-state index contributed by atoms with van der Waals surface area (Å²) in [7, 11) is 1.64. The predicted molar refractivity (Wildman–Crippen MR) is 77.9 cm³/mol. The van der Waals surface area contributed by atoms with Gasteiger partial charge in [0.15, 0.2) is 0 Å². The molecule has 0 amide bonds. The molecule has 2 aromatic rings. The molecule has 1 heterocycles. The Kier molecular flexibility index (Phi) is 4.32. The summed E-state index contributed by atoms with van der Waals surface area (Å²) in [5, 5.41) is 8.32. The number of halogens is 1. The highest BCUT2D eigenvalue weighted by Gasteiger charge is 2.10. The van der Waals surface area contributed by atoms with Crippen LogP contribution in [0.1, 0.15) is 25.5 Å². The van der Waals surface area contributed by atoms with E-state index in [1.165, 1.54) is 0 Å². The Labute approximate surface area is 118 Å². The van der Waals surface area contributed by atoms with Gasteiger partial charge in [-0.3, -0.25) is 4.68 Å². The minimum absolute atomic E-state index is 0.130. The molecule has 0 saturated carbocycles. The quantitative estimate of drug-likeness (QED) is 0.906. The van der Waals surface area contributed by atoms with Gasteiger partial charge in [-0.2, -0.15) is 5.10 Å². The van der Waals surface area contributed by atoms with Crippen molar-refractivity contribution in [3.63, 3.8) is 0 Å². The number of aryl methyl sites for hydroxylation is 1. The minimum Gasteiger partial charge on any atom is -0.497 e. The molecule has 0 aliphatic heterocycles. The zero-order valence-electron chi connectivity index (χ0n) is 11.4. The van der Waals surface area contributed by atoms with Crippen molar-refractivity contribution in [1.82, 2.24) is 9.78 Å². The van der Waals surface area contributed by atoms with Crippen molar-refractivity contribution in [2.75, 3.05) is 12.4 Å². The third-order valence-electron chi connectivity index (χ3n) is 3.02. The molecule has 0 spiro atoms. The molecular formula is C14H18ClN3O. The molecule has 1 unspecified atom stereocenters. The summed E-state index contributed by atoms with van der Waals surface area (Å²) in [6, 6.07) is 5.69. The third-order valence-corrected chi connectivity index (χ3v) is 3.35. The lowest BCUT2D eigenvalue weighted by Crippen LogP contribution is -2.06. The predicted octanol–water partition coefficient (Wildman–Crippen LogP) is 3.74. The zero-order chi connectivity index (χ0) is 13.8. The molecule has 0 aliphatic carbocycles. The second-order valence-corrected chi connectivity index (χ2v) is 4.75. The van der Waals surface area contributed by atoms with E-state index in [0.29, 0.717) is 5.02 Å². The molecule has 0 radical (unpaired) electrons. The summed E-state index contributed by atoms with van der Waals surface area (Å²) < 4.78 is 7.11. The van der Waals surface area contributed by atoms with Gasteiger partial charge in [-0.1, -0.05) is 11.6 Å². The Balaban J connectivity index is 2.15. The SMILES string of the molecule is CCn1cc(C(C)Nc2cc(OC)ccc2Cl)cn1. The third kappa shape index (κ3) is 3.20. The van der Waals surface area contributed by atoms with Crippen molar-refractivity contribution in [2.45, 2.75) is 26.4 Å². The van der Waals surface area contributed by atoms with Crippen molar-refractivity contribution in [1.29, 1.82) is 0 Å². The number of anilines is 1. The normalized spacial score (nSPS) is 12.2. The van der Waals surface area contributed by atoms with Gasteiger partial charge >= 0.3 is 0 Å². The number of nitrogens with one attached hydrogen (secondary N) is 1. The van der Waals surface area contributed by atoms with E-state index in [0.717, 1.165) is 23.5 Å². The van der Waals surface area contributed by atoms with Gasteiger partial charge in [0.1, 0.15) is 5.75 Å². The first-order valence-electron chi connectivity index (χ1n) is 6.26. The maximum Gasteiger partial charge on any atom is 0.121 e. The van der Waals surface area contributed by atoms with Crippen LogP contribution >= 0.6 is 11.6 Å². The van der Waals surface area contributed by atoms with E-state index >= 15 is 0 Å². The van der Waals surface area contributed by atoms with E-state index < -0.39 is 0 Å². The number of hydrogen-bond acceptors (Lipinski definition) is 3. The second kappa shape index (κ2) is 5.97. The fourth-order valence-corrected chi connectivity index (χ4v) is 2.01. The summed E-state index contributed by atoms with van der Waals surface area (Å²) in [4.78, 5) is 0. The van der Waals surface area contributed by atoms with Crippen LogP contribution in [0.5, 0.6) is 5.75 Å². The van der Waals surface area contributed by atoms with Crippen LogP contribution in [0.2, 0.25) is 5.02 Å². The molecule has 1 aromatic heterocycles. The van der Waals surface area contributed by atoms with Gasteiger partial charge in [-0.25, -0.2) is 0 Å². The highest BCUT2D eigenvalue weighted by molar-refractivity contribution is 6.33. The molecule has 19 heavy (non-hydrogen) atoms. The standard InChI is InChI=1S/C14H18ClN3O/c1-4-18-9-11(8-16-18)10(2)17-14-7-12(19-3)5-6-13(14)15/h5-10,17H,4H2,1-3H3. The molecule has 1 N–H and O–H groups in total. The summed E-state index contributed by atoms with van der Waals surface area (Å²) in [5.74, 6) is 0.781. The molecule has 1 atom stereocenters. The Morgan fingerprint density at radius 2 is 2.26 bits per heavy atom. The van der Waals surface area contributed by atoms with Crippen molar-refractivity contribution >= 4 is 17.3 Å². The van der Waals surface area contributed by atoms with Crippen molar-refractivity contribution < 1.29 is 4.74 Å². The Morgan fingerprint density at radius 3 is 2.89 bits per heavy atom. The van der Waals surface area contributed by atoms with Gasteiger partial charge in [-0.15, -0.1) is 0 Å². The Morgan fingerprint density at radius 1 is 1.47 bits per heavy atom. The first-order valence-corrected chi connectivity index (χ1v) is 6.64. The number of methoxy groups -OCH3 is 1. The van der Waals surface area contributed by atoms with Gasteiger partial charge in [0.05, 0.1) is 30.1 Å². The van der Waals surface area contributed by atoms with Gasteiger partial charge in [-0.05, 0) is 26.0 Å². The number of rotatable bonds is 5. The summed E-state index contributed by atoms with van der Waals surface area (Å²) in [6.07, 6.45) is 3.90. The first kappa shape index (κ1) is 13.7. The van der Waals surface area contributed by atoms with Gasteiger partial charge in [0.25, 0.3) is 0 Å². The molecule has 0 saturated heterocycles. The average molecular weight is 280 g/mol. The van der Waals surface area contributed by atoms with E-state index in [-0.39, 0.29) is 6.04 Å². The highest BCUT2D eigenvalue weighted by Crippen LogP contribution is 2.29. The van der Waals surface area contributed by atoms with E-state index in [1.807, 2.05) is 35.3 Å². The van der Waals surface area contributed by atoms with Crippen LogP contribution in [-0.2, 0) is 6.54 Å². The topological polar surface area (TPSA) is 39.1 Å². The van der Waals surface area contributed by atoms with Crippen LogP contribution in [0.3, 0.4) is 0 Å². The number of nitrogens with zero attached hydrogens (tertiary/aromatic N) is 2. The highest BCUT2D eigenvalue weighted by atomic mass is 35.5. The fraction of sp³-hybridized carbons (Fsp3) is 0.357. The molecule has 0 aliphatic rings. The monoisotopic (exact) mass is 279 g/mol. The molecule has 102 valence electrons. The lowest BCUT2D eigenvalue weighted by molar-refractivity contribution is 0.415. The Bertz CT molecular complexity index is 553. The zero-order valence-corrected chi connectivity index (χ0v) is 12.1. The van der Waals surface area contributed by atoms with Crippen LogP contribution in [0, 0.1) is 0 Å². The molecule has 1 aromatic carbocycles. The summed E-state index contributed by atoms with van der Waals surface area (Å²) >= 11 is 6.18. The Hall–Kier alpha value is -1.68. The van der Waals surface area contributed by atoms with Crippen LogP contribution in [-0.4, -0.2) is 16.9 Å². The van der Waals surface area contributed by atoms with E-state index in [1.54, 1.807) is 7.11 Å². The van der Waals surface area contributed by atoms with Gasteiger partial charge in [0.2, 0.25) is 0 Å². The fourth-order valence-electron chi connectivity index (χ4n) is 1.83. The van der Waals surface area contributed by atoms with Crippen LogP contribution in [0.25, 0.3) is 0 Å². The summed E-state index contributed by atoms with van der Waals surface area (Å²) in [5.41, 5.74) is 1.98. The van der Waals surface area contributed by atoms with E-state index in [4.69, 9.17) is 16.3 Å². The maximum atomic E-state index is 6.18. The average Bonchev–Trinajstić information content (AvgIpc) is 2.90. The first-order chi connectivity index (χ1) is 9.13. The van der Waals surface area contributed by atoms with Crippen LogP contribution < -0.4 is 10.1 Å². The molecule has 0 fully saturated rings. The van der Waals surface area contributed by atoms with Crippen molar-refractivity contribution in [3.05, 3.63) is 41.2 Å². The van der Waals surface area contributed by atoms with Gasteiger partial charge < -0.3 is 10.1 Å². The number of aromatic nitrogens is 2. The van der Waals surface area contributed by atoms with Crippen LogP contribution in [0.4, 0.5) is 5.69 Å². The smallest absolute Gasteiger partial charge is 0.121 e. The van der Waals surface area contributed by atoms with Crippen LogP contribution in [0.15, 0.2) is 30.6 Å². The lowest BCUT2D eigenvalue weighted by atomic mass is 10.2.